The molecule has 0 heterocycles. The first-order valence-corrected chi connectivity index (χ1v) is 4.51. The van der Waals surface area contributed by atoms with E-state index in [2.05, 4.69) is 0 Å². The summed E-state index contributed by atoms with van der Waals surface area (Å²) in [7, 11) is 0. The number of hydrogen-bond donors (Lipinski definition) is 4. The molecule has 7 heteroatoms. The fourth-order valence-corrected chi connectivity index (χ4v) is 1.20. The summed E-state index contributed by atoms with van der Waals surface area (Å²) in [5, 5.41) is 27.2. The first-order chi connectivity index (χ1) is 7.19. The molecule has 0 rings (SSSR count). The van der Waals surface area contributed by atoms with Gasteiger partial charge in [-0.3, -0.25) is 14.4 Å². The molecule has 0 amide bonds. The number of Topliss-reactive ketones (excluding diaryl/α,β-unsaturated/α-hetero) is 3. The van der Waals surface area contributed by atoms with E-state index in [4.69, 9.17) is 15.9 Å². The molecule has 0 fully saturated rings. The van der Waals surface area contributed by atoms with Gasteiger partial charge in [-0.2, -0.15) is 0 Å². The van der Waals surface area contributed by atoms with Crippen molar-refractivity contribution in [3.05, 3.63) is 0 Å². The smallest absolute Gasteiger partial charge is 0.228 e. The van der Waals surface area contributed by atoms with Gasteiger partial charge >= 0.3 is 0 Å². The highest BCUT2D eigenvalue weighted by atomic mass is 16.4. The van der Waals surface area contributed by atoms with Crippen LogP contribution >= 0.6 is 0 Å². The summed E-state index contributed by atoms with van der Waals surface area (Å²) in [6.45, 7) is 0.914. The number of nitrogens with two attached hydrogens (primary N) is 1. The molecule has 0 aromatic heterocycles. The summed E-state index contributed by atoms with van der Waals surface area (Å²) in [6, 6.07) is 0. The van der Waals surface area contributed by atoms with Crippen molar-refractivity contribution in [2.24, 2.45) is 5.73 Å². The highest BCUT2D eigenvalue weighted by Gasteiger charge is 2.50. The molecule has 0 aromatic carbocycles. The van der Waals surface area contributed by atoms with Crippen LogP contribution in [0.15, 0.2) is 0 Å². The molecule has 5 N–H and O–H groups in total. The third-order valence-corrected chi connectivity index (χ3v) is 2.30. The van der Waals surface area contributed by atoms with Crippen molar-refractivity contribution < 1.29 is 29.7 Å². The van der Waals surface area contributed by atoms with Gasteiger partial charge in [-0.05, 0) is 6.92 Å². The van der Waals surface area contributed by atoms with Gasteiger partial charge in [0.25, 0.3) is 0 Å². The summed E-state index contributed by atoms with van der Waals surface area (Å²) in [5.74, 6) is -3.28. The Balaban J connectivity index is 5.35. The van der Waals surface area contributed by atoms with Gasteiger partial charge < -0.3 is 21.1 Å². The lowest BCUT2D eigenvalue weighted by Crippen LogP contribution is -2.67. The van der Waals surface area contributed by atoms with E-state index in [-0.39, 0.29) is 0 Å². The fraction of sp³-hybridized carbons (Fsp3) is 0.667. The Kier molecular flexibility index (Phi) is 4.88. The van der Waals surface area contributed by atoms with Gasteiger partial charge in [-0.1, -0.05) is 0 Å². The molecule has 0 saturated heterocycles. The number of aliphatic hydroxyl groups is 3. The minimum atomic E-state index is -2.52. The van der Waals surface area contributed by atoms with Gasteiger partial charge in [-0.25, -0.2) is 0 Å². The first kappa shape index (κ1) is 14.8. The molecule has 0 aromatic rings. The number of rotatable bonds is 6. The normalized spacial score (nSPS) is 18.4. The average Bonchev–Trinajstić information content (AvgIpc) is 2.24. The molecule has 0 aliphatic heterocycles. The second-order valence-corrected chi connectivity index (χ2v) is 3.51. The SMILES string of the molecule is CC(=O)C(=O)[C@@](N)(C(C)=O)[C@H](O)[C@H](O)CO. The van der Waals surface area contributed by atoms with Crippen molar-refractivity contribution in [2.75, 3.05) is 6.61 Å². The van der Waals surface area contributed by atoms with Crippen LogP contribution in [0, 0.1) is 0 Å². The van der Waals surface area contributed by atoms with E-state index in [0.29, 0.717) is 0 Å². The molecule has 0 radical (unpaired) electrons. The van der Waals surface area contributed by atoms with E-state index in [9.17, 15) is 19.5 Å². The van der Waals surface area contributed by atoms with Crippen molar-refractivity contribution in [3.8, 4) is 0 Å². The number of aliphatic hydroxyl groups excluding tert-OH is 3. The Bertz CT molecular complexity index is 315. The summed E-state index contributed by atoms with van der Waals surface area (Å²) in [6.07, 6.45) is -3.82. The Morgan fingerprint density at radius 1 is 1.25 bits per heavy atom. The lowest BCUT2D eigenvalue weighted by Gasteiger charge is -2.31. The zero-order valence-electron chi connectivity index (χ0n) is 9.01. The molecule has 0 unspecified atom stereocenters. The summed E-state index contributed by atoms with van der Waals surface area (Å²) in [5.41, 5.74) is 2.84. The van der Waals surface area contributed by atoms with Crippen LogP contribution in [-0.2, 0) is 14.4 Å². The maximum Gasteiger partial charge on any atom is 0.228 e. The van der Waals surface area contributed by atoms with Gasteiger partial charge in [-0.15, -0.1) is 0 Å². The number of carbonyl (C=O) groups excluding carboxylic acids is 3. The molecule has 16 heavy (non-hydrogen) atoms. The lowest BCUT2D eigenvalue weighted by molar-refractivity contribution is -0.150. The second-order valence-electron chi connectivity index (χ2n) is 3.51. The average molecular weight is 233 g/mol. The van der Waals surface area contributed by atoms with Crippen LogP contribution in [0.5, 0.6) is 0 Å². The molecule has 0 saturated carbocycles. The summed E-state index contributed by atoms with van der Waals surface area (Å²) >= 11 is 0. The van der Waals surface area contributed by atoms with Crippen LogP contribution in [0.25, 0.3) is 0 Å². The maximum atomic E-state index is 11.4. The summed E-state index contributed by atoms with van der Waals surface area (Å²) < 4.78 is 0. The van der Waals surface area contributed by atoms with Crippen LogP contribution in [-0.4, -0.2) is 57.0 Å². The minimum Gasteiger partial charge on any atom is -0.394 e. The van der Waals surface area contributed by atoms with E-state index in [1.54, 1.807) is 0 Å². The number of hydrogen-bond acceptors (Lipinski definition) is 7. The molecule has 92 valence electrons. The van der Waals surface area contributed by atoms with Gasteiger partial charge in [0.1, 0.15) is 12.2 Å². The monoisotopic (exact) mass is 233 g/mol. The zero-order chi connectivity index (χ0) is 13.1. The molecule has 0 aliphatic rings. The van der Waals surface area contributed by atoms with E-state index in [0.717, 1.165) is 13.8 Å². The zero-order valence-corrected chi connectivity index (χ0v) is 9.01. The molecule has 0 aliphatic carbocycles. The van der Waals surface area contributed by atoms with E-state index < -0.39 is 41.7 Å². The first-order valence-electron chi connectivity index (χ1n) is 4.51. The quantitative estimate of drug-likeness (QED) is 0.286. The van der Waals surface area contributed by atoms with Crippen LogP contribution in [0.2, 0.25) is 0 Å². The van der Waals surface area contributed by atoms with Crippen LogP contribution < -0.4 is 5.73 Å². The third-order valence-electron chi connectivity index (χ3n) is 2.30. The highest BCUT2D eigenvalue weighted by Crippen LogP contribution is 2.15. The maximum absolute atomic E-state index is 11.4. The van der Waals surface area contributed by atoms with Crippen molar-refractivity contribution in [1.29, 1.82) is 0 Å². The Morgan fingerprint density at radius 3 is 1.94 bits per heavy atom. The van der Waals surface area contributed by atoms with Crippen LogP contribution in [0.3, 0.4) is 0 Å². The van der Waals surface area contributed by atoms with E-state index in [1.807, 2.05) is 0 Å². The number of ketones is 3. The second kappa shape index (κ2) is 5.26. The van der Waals surface area contributed by atoms with Gasteiger partial charge in [0.15, 0.2) is 17.1 Å². The third kappa shape index (κ3) is 2.50. The predicted molar refractivity (Wildman–Crippen MR) is 52.4 cm³/mol. The number of carbonyl (C=O) groups is 3. The standard InChI is InChI=1S/C9H15NO6/c1-4(12)7(15)9(10,5(2)13)8(16)6(14)3-11/h6,8,11,14,16H,3,10H2,1-2H3/t6-,8-,9+/m1/s1. The fourth-order valence-electron chi connectivity index (χ4n) is 1.20. The van der Waals surface area contributed by atoms with Crippen LogP contribution in [0.1, 0.15) is 13.8 Å². The van der Waals surface area contributed by atoms with Gasteiger partial charge in [0, 0.05) is 6.92 Å². The molecular weight excluding hydrogens is 218 g/mol. The van der Waals surface area contributed by atoms with Crippen molar-refractivity contribution in [2.45, 2.75) is 31.6 Å². The van der Waals surface area contributed by atoms with Gasteiger partial charge in [0.2, 0.25) is 5.78 Å². The van der Waals surface area contributed by atoms with E-state index >= 15 is 0 Å². The molecule has 0 bridgehead atoms. The van der Waals surface area contributed by atoms with E-state index in [1.165, 1.54) is 0 Å². The largest absolute Gasteiger partial charge is 0.394 e. The van der Waals surface area contributed by atoms with Crippen molar-refractivity contribution >= 4 is 17.3 Å². The minimum absolute atomic E-state index is 0.890. The lowest BCUT2D eigenvalue weighted by atomic mass is 9.81. The highest BCUT2D eigenvalue weighted by molar-refractivity contribution is 6.44. The molecule has 0 spiro atoms. The molecular formula is C9H15NO6. The van der Waals surface area contributed by atoms with Crippen molar-refractivity contribution in [1.82, 2.24) is 0 Å². The molecule has 3 atom stereocenters. The summed E-state index contributed by atoms with van der Waals surface area (Å²) in [4.78, 5) is 33.5. The Morgan fingerprint density at radius 2 is 1.69 bits per heavy atom. The van der Waals surface area contributed by atoms with Crippen molar-refractivity contribution in [3.63, 3.8) is 0 Å². The Labute approximate surface area is 91.9 Å². The predicted octanol–water partition coefficient (Wildman–Crippen LogP) is -2.85. The topological polar surface area (TPSA) is 138 Å². The molecule has 7 nitrogen and oxygen atoms in total. The van der Waals surface area contributed by atoms with Gasteiger partial charge in [0.05, 0.1) is 6.61 Å². The Hall–Kier alpha value is -1.15. The van der Waals surface area contributed by atoms with Crippen LogP contribution in [0.4, 0.5) is 0 Å².